The normalized spacial score (nSPS) is 27.0. The average Bonchev–Trinajstić information content (AvgIpc) is 3.31. The number of ether oxygens (including phenoxy) is 1. The molecule has 7 atom stereocenters. The average molecular weight is 439 g/mol. The van der Waals surface area contributed by atoms with Gasteiger partial charge in [-0.25, -0.2) is 0 Å². The summed E-state index contributed by atoms with van der Waals surface area (Å²) in [5, 5.41) is 3.06. The Morgan fingerprint density at radius 3 is 2.32 bits per heavy atom. The highest BCUT2D eigenvalue weighted by atomic mass is 16.5. The van der Waals surface area contributed by atoms with Crippen molar-refractivity contribution in [1.82, 2.24) is 15.1 Å². The van der Waals surface area contributed by atoms with Gasteiger partial charge in [0, 0.05) is 20.2 Å². The second-order valence-corrected chi connectivity index (χ2v) is 9.84. The van der Waals surface area contributed by atoms with Crippen molar-refractivity contribution in [1.29, 1.82) is 0 Å². The molecule has 2 fully saturated rings. The number of methoxy groups -OCH3 is 1. The smallest absolute Gasteiger partial charge is 0.245 e. The molecule has 7 unspecified atom stereocenters. The first-order chi connectivity index (χ1) is 14.5. The molecule has 1 saturated heterocycles. The van der Waals surface area contributed by atoms with E-state index in [0.717, 1.165) is 25.7 Å². The van der Waals surface area contributed by atoms with Crippen LogP contribution in [0.1, 0.15) is 59.8 Å². The third-order valence-electron chi connectivity index (χ3n) is 7.51. The molecule has 31 heavy (non-hydrogen) atoms. The lowest BCUT2D eigenvalue weighted by Crippen LogP contribution is -2.59. The van der Waals surface area contributed by atoms with Crippen molar-refractivity contribution in [2.45, 2.75) is 90.1 Å². The molecule has 178 valence electrons. The Bertz CT molecular complexity index is 653. The highest BCUT2D eigenvalue weighted by molar-refractivity contribution is 5.90. The highest BCUT2D eigenvalue weighted by Gasteiger charge is 2.48. The van der Waals surface area contributed by atoms with Gasteiger partial charge in [-0.3, -0.25) is 19.3 Å². The van der Waals surface area contributed by atoms with Gasteiger partial charge >= 0.3 is 0 Å². The van der Waals surface area contributed by atoms with E-state index in [0.29, 0.717) is 12.0 Å². The largest absolute Gasteiger partial charge is 0.379 e. The monoisotopic (exact) mass is 438 g/mol. The molecule has 2 aliphatic rings. The van der Waals surface area contributed by atoms with E-state index in [9.17, 15) is 14.4 Å². The van der Waals surface area contributed by atoms with Gasteiger partial charge in [0.1, 0.15) is 6.04 Å². The lowest BCUT2D eigenvalue weighted by molar-refractivity contribution is -0.144. The van der Waals surface area contributed by atoms with E-state index in [1.165, 1.54) is 7.11 Å². The predicted molar refractivity (Wildman–Crippen MR) is 120 cm³/mol. The van der Waals surface area contributed by atoms with Crippen LogP contribution < -0.4 is 11.1 Å². The molecule has 1 aliphatic carbocycles. The lowest BCUT2D eigenvalue weighted by atomic mass is 9.89. The Labute approximate surface area is 187 Å². The minimum absolute atomic E-state index is 0.0395. The van der Waals surface area contributed by atoms with Crippen LogP contribution in [0.25, 0.3) is 0 Å². The molecule has 8 heteroatoms. The van der Waals surface area contributed by atoms with Crippen molar-refractivity contribution >= 4 is 17.7 Å². The van der Waals surface area contributed by atoms with Gasteiger partial charge in [0.15, 0.2) is 0 Å². The third kappa shape index (κ3) is 5.58. The fraction of sp³-hybridized carbons (Fsp3) is 0.870. The van der Waals surface area contributed by atoms with Crippen LogP contribution >= 0.6 is 0 Å². The van der Waals surface area contributed by atoms with E-state index in [2.05, 4.69) is 10.2 Å². The van der Waals surface area contributed by atoms with Gasteiger partial charge in [-0.2, -0.15) is 0 Å². The second kappa shape index (κ2) is 10.8. The van der Waals surface area contributed by atoms with Crippen molar-refractivity contribution < 1.29 is 19.1 Å². The number of fused-ring (bicyclic) bond motifs is 2. The Hall–Kier alpha value is -1.67. The second-order valence-electron chi connectivity index (χ2n) is 9.84. The van der Waals surface area contributed by atoms with Gasteiger partial charge in [-0.1, -0.05) is 34.1 Å². The van der Waals surface area contributed by atoms with Crippen LogP contribution in [0, 0.1) is 17.8 Å². The summed E-state index contributed by atoms with van der Waals surface area (Å²) in [4.78, 5) is 42.2. The first kappa shape index (κ1) is 25.6. The molecule has 2 rings (SSSR count). The minimum atomic E-state index is -0.636. The zero-order chi connectivity index (χ0) is 23.5. The molecule has 2 bridgehead atoms. The fourth-order valence-corrected chi connectivity index (χ4v) is 5.51. The summed E-state index contributed by atoms with van der Waals surface area (Å²) in [6.07, 6.45) is 3.64. The molecule has 1 aliphatic heterocycles. The van der Waals surface area contributed by atoms with E-state index in [-0.39, 0.29) is 42.2 Å². The molecule has 3 N–H and O–H groups in total. The number of nitrogens with zero attached hydrogens (tertiary/aromatic N) is 2. The summed E-state index contributed by atoms with van der Waals surface area (Å²) in [5.74, 6) is -0.288. The standard InChI is InChI=1S/C23H42N4O4/c1-8-14(4)20(17(31-7)12-18(24)28)27(6)23(30)19(13(2)3)25-22(29)21-15-9-10-16(11-15)26(21)5/h13-17,19-21H,8-12H2,1-7H3,(H2,24,28)(H,25,29). The van der Waals surface area contributed by atoms with Crippen LogP contribution in [0.3, 0.4) is 0 Å². The number of likely N-dealkylation sites (tertiary alicyclic amines) is 1. The number of nitrogens with two attached hydrogens (primary N) is 1. The van der Waals surface area contributed by atoms with Crippen LogP contribution in [0.5, 0.6) is 0 Å². The van der Waals surface area contributed by atoms with Gasteiger partial charge < -0.3 is 20.7 Å². The molecule has 1 heterocycles. The molecular formula is C23H42N4O4. The van der Waals surface area contributed by atoms with Gasteiger partial charge in [0.25, 0.3) is 0 Å². The van der Waals surface area contributed by atoms with E-state index < -0.39 is 18.1 Å². The number of likely N-dealkylation sites (N-methyl/N-ethyl adjacent to an activating group) is 2. The maximum atomic E-state index is 13.6. The van der Waals surface area contributed by atoms with Crippen molar-refractivity contribution in [3.63, 3.8) is 0 Å². The number of carbonyl (C=O) groups is 3. The summed E-state index contributed by atoms with van der Waals surface area (Å²) < 4.78 is 5.58. The molecule has 0 spiro atoms. The number of carbonyl (C=O) groups excluding carboxylic acids is 3. The minimum Gasteiger partial charge on any atom is -0.379 e. The van der Waals surface area contributed by atoms with Gasteiger partial charge in [0.05, 0.1) is 24.6 Å². The van der Waals surface area contributed by atoms with E-state index in [1.54, 1.807) is 11.9 Å². The number of primary amides is 1. The summed E-state index contributed by atoms with van der Waals surface area (Å²) >= 11 is 0. The zero-order valence-corrected chi connectivity index (χ0v) is 20.3. The summed E-state index contributed by atoms with van der Waals surface area (Å²) in [7, 11) is 5.28. The van der Waals surface area contributed by atoms with Crippen LogP contribution in [-0.4, -0.2) is 79.0 Å². The summed E-state index contributed by atoms with van der Waals surface area (Å²) in [6.45, 7) is 7.96. The summed E-state index contributed by atoms with van der Waals surface area (Å²) in [6, 6.07) is -0.645. The quantitative estimate of drug-likeness (QED) is 0.507. The Morgan fingerprint density at radius 1 is 1.23 bits per heavy atom. The van der Waals surface area contributed by atoms with Gasteiger partial charge in [0.2, 0.25) is 17.7 Å². The van der Waals surface area contributed by atoms with Gasteiger partial charge in [-0.05, 0) is 44.1 Å². The Morgan fingerprint density at radius 2 is 1.87 bits per heavy atom. The van der Waals surface area contributed by atoms with E-state index in [1.807, 2.05) is 34.7 Å². The highest BCUT2D eigenvalue weighted by Crippen LogP contribution is 2.41. The zero-order valence-electron chi connectivity index (χ0n) is 20.3. The fourth-order valence-electron chi connectivity index (χ4n) is 5.51. The Kier molecular flexibility index (Phi) is 8.89. The third-order valence-corrected chi connectivity index (χ3v) is 7.51. The Balaban J connectivity index is 2.19. The number of hydrogen-bond acceptors (Lipinski definition) is 5. The van der Waals surface area contributed by atoms with Crippen LogP contribution in [-0.2, 0) is 19.1 Å². The van der Waals surface area contributed by atoms with Gasteiger partial charge in [-0.15, -0.1) is 0 Å². The first-order valence-corrected chi connectivity index (χ1v) is 11.6. The van der Waals surface area contributed by atoms with Crippen molar-refractivity contribution in [2.24, 2.45) is 23.5 Å². The van der Waals surface area contributed by atoms with Crippen LogP contribution in [0.2, 0.25) is 0 Å². The first-order valence-electron chi connectivity index (χ1n) is 11.6. The van der Waals surface area contributed by atoms with E-state index >= 15 is 0 Å². The number of amides is 3. The number of piperidine rings is 1. The maximum Gasteiger partial charge on any atom is 0.245 e. The van der Waals surface area contributed by atoms with Crippen molar-refractivity contribution in [3.05, 3.63) is 0 Å². The lowest BCUT2D eigenvalue weighted by Gasteiger charge is -2.40. The molecule has 0 radical (unpaired) electrons. The molecule has 0 aromatic rings. The molecule has 3 amide bonds. The SMILES string of the molecule is CCC(C)C(C(CC(N)=O)OC)N(C)C(=O)C(NC(=O)C1C2CCC(C2)N1C)C(C)C. The molecule has 0 aromatic heterocycles. The molecule has 8 nitrogen and oxygen atoms in total. The van der Waals surface area contributed by atoms with Crippen LogP contribution in [0.15, 0.2) is 0 Å². The van der Waals surface area contributed by atoms with Crippen molar-refractivity contribution in [2.75, 3.05) is 21.2 Å². The maximum absolute atomic E-state index is 13.6. The number of nitrogens with one attached hydrogen (secondary N) is 1. The van der Waals surface area contributed by atoms with Crippen molar-refractivity contribution in [3.8, 4) is 0 Å². The molecular weight excluding hydrogens is 396 g/mol. The topological polar surface area (TPSA) is 105 Å². The number of hydrogen-bond donors (Lipinski definition) is 2. The predicted octanol–water partition coefficient (Wildman–Crippen LogP) is 1.37. The summed E-state index contributed by atoms with van der Waals surface area (Å²) in [5.41, 5.74) is 5.43. The molecule has 1 saturated carbocycles. The number of rotatable bonds is 11. The van der Waals surface area contributed by atoms with E-state index in [4.69, 9.17) is 10.5 Å². The molecule has 0 aromatic carbocycles. The van der Waals surface area contributed by atoms with Crippen LogP contribution in [0.4, 0.5) is 0 Å².